The Bertz CT molecular complexity index is 1240. The van der Waals surface area contributed by atoms with Crippen molar-refractivity contribution in [2.45, 2.75) is 50.5 Å². The second-order valence-corrected chi connectivity index (χ2v) is 15.8. The van der Waals surface area contributed by atoms with Gasteiger partial charge in [-0.3, -0.25) is 0 Å². The molecule has 182 valence electrons. The van der Waals surface area contributed by atoms with Gasteiger partial charge in [-0.25, -0.2) is 0 Å². The molecule has 0 saturated carbocycles. The number of hydrogen-bond donors (Lipinski definition) is 0. The first-order valence-corrected chi connectivity index (χ1v) is 15.3. The fourth-order valence-electron chi connectivity index (χ4n) is 5.96. The molecule has 0 saturated heterocycles. The zero-order chi connectivity index (χ0) is 25.0. The molecule has 0 fully saturated rings. The molecular formula is C34H36OSi. The molecule has 5 rings (SSSR count). The van der Waals surface area contributed by atoms with Gasteiger partial charge in [-0.05, 0) is 40.3 Å². The highest BCUT2D eigenvalue weighted by atomic mass is 28.3. The second kappa shape index (κ2) is 10.4. The molecule has 0 aromatic heterocycles. The van der Waals surface area contributed by atoms with Crippen molar-refractivity contribution in [3.8, 4) is 0 Å². The Morgan fingerprint density at radius 1 is 0.667 bits per heavy atom. The molecule has 0 bridgehead atoms. The van der Waals surface area contributed by atoms with E-state index in [1.807, 2.05) is 0 Å². The molecule has 36 heavy (non-hydrogen) atoms. The summed E-state index contributed by atoms with van der Waals surface area (Å²) < 4.78 is 6.98. The van der Waals surface area contributed by atoms with Crippen LogP contribution in [0.25, 0.3) is 5.57 Å². The number of ether oxygens (including phenoxy) is 1. The van der Waals surface area contributed by atoms with Crippen LogP contribution in [-0.4, -0.2) is 14.2 Å². The Morgan fingerprint density at radius 2 is 1.14 bits per heavy atom. The maximum Gasteiger partial charge on any atom is 0.125 e. The molecule has 0 unspecified atom stereocenters. The fourth-order valence-corrected chi connectivity index (χ4v) is 11.6. The lowest BCUT2D eigenvalue weighted by atomic mass is 9.94. The van der Waals surface area contributed by atoms with Crippen LogP contribution in [-0.2, 0) is 4.74 Å². The minimum absolute atomic E-state index is 0.0432. The van der Waals surface area contributed by atoms with E-state index in [0.717, 1.165) is 12.5 Å². The van der Waals surface area contributed by atoms with E-state index in [1.54, 1.807) is 0 Å². The van der Waals surface area contributed by atoms with Crippen LogP contribution in [0.15, 0.2) is 127 Å². The van der Waals surface area contributed by atoms with Crippen molar-refractivity contribution >= 4 is 24.0 Å². The quantitative estimate of drug-likeness (QED) is 0.253. The summed E-state index contributed by atoms with van der Waals surface area (Å²) in [6.07, 6.45) is 3.35. The average molecular weight is 489 g/mol. The molecule has 2 heteroatoms. The third-order valence-corrected chi connectivity index (χ3v) is 14.0. The molecule has 1 nitrogen and oxygen atoms in total. The maximum atomic E-state index is 6.98. The predicted octanol–water partition coefficient (Wildman–Crippen LogP) is 7.66. The molecule has 1 aliphatic rings. The summed E-state index contributed by atoms with van der Waals surface area (Å²) in [5.74, 6) is 0. The van der Waals surface area contributed by atoms with Crippen LogP contribution >= 0.6 is 0 Å². The van der Waals surface area contributed by atoms with Gasteiger partial charge in [0.2, 0.25) is 0 Å². The zero-order valence-electron chi connectivity index (χ0n) is 21.6. The molecule has 1 aliphatic heterocycles. The van der Waals surface area contributed by atoms with Crippen molar-refractivity contribution in [3.05, 3.63) is 139 Å². The van der Waals surface area contributed by atoms with Gasteiger partial charge in [0.15, 0.2) is 0 Å². The molecular weight excluding hydrogens is 452 g/mol. The third-order valence-electron chi connectivity index (χ3n) is 7.76. The van der Waals surface area contributed by atoms with Crippen LogP contribution in [0, 0.1) is 0 Å². The van der Waals surface area contributed by atoms with E-state index in [2.05, 4.69) is 148 Å². The first-order chi connectivity index (χ1) is 17.5. The van der Waals surface area contributed by atoms with E-state index >= 15 is 0 Å². The van der Waals surface area contributed by atoms with Crippen molar-refractivity contribution in [1.82, 2.24) is 0 Å². The van der Waals surface area contributed by atoms with Gasteiger partial charge >= 0.3 is 0 Å². The van der Waals surface area contributed by atoms with Gasteiger partial charge in [0.1, 0.15) is 14.2 Å². The molecule has 0 spiro atoms. The fraction of sp³-hybridized carbons (Fsp3) is 0.235. The lowest BCUT2D eigenvalue weighted by Gasteiger charge is -2.47. The van der Waals surface area contributed by atoms with Gasteiger partial charge in [-0.1, -0.05) is 152 Å². The average Bonchev–Trinajstić information content (AvgIpc) is 2.93. The van der Waals surface area contributed by atoms with Crippen LogP contribution in [0.3, 0.4) is 0 Å². The van der Waals surface area contributed by atoms with E-state index in [1.165, 1.54) is 27.1 Å². The Labute approximate surface area is 217 Å². The molecule has 2 atom stereocenters. The van der Waals surface area contributed by atoms with Crippen LogP contribution in [0.5, 0.6) is 0 Å². The molecule has 0 radical (unpaired) electrons. The number of hydrogen-bond acceptors (Lipinski definition) is 1. The summed E-state index contributed by atoms with van der Waals surface area (Å²) >= 11 is 0. The predicted molar refractivity (Wildman–Crippen MR) is 156 cm³/mol. The van der Waals surface area contributed by atoms with E-state index in [4.69, 9.17) is 4.74 Å². The van der Waals surface area contributed by atoms with E-state index in [-0.39, 0.29) is 17.2 Å². The molecule has 1 heterocycles. The van der Waals surface area contributed by atoms with Crippen LogP contribution in [0.1, 0.15) is 44.4 Å². The Morgan fingerprint density at radius 3 is 1.64 bits per heavy atom. The van der Waals surface area contributed by atoms with Crippen molar-refractivity contribution in [1.29, 1.82) is 0 Å². The SMILES string of the molecule is CC(C)(C)[Si](C[C@@H]1CC(c2ccccc2)=C[C@H](c2ccccc2)O1)(c1ccccc1)c1ccccc1. The monoisotopic (exact) mass is 488 g/mol. The van der Waals surface area contributed by atoms with Crippen molar-refractivity contribution in [2.24, 2.45) is 0 Å². The zero-order valence-corrected chi connectivity index (χ0v) is 22.6. The molecule has 0 N–H and O–H groups in total. The Hall–Kier alpha value is -3.20. The minimum Gasteiger partial charge on any atom is -0.366 e. The molecule has 4 aromatic carbocycles. The lowest BCUT2D eigenvalue weighted by molar-refractivity contribution is 0.0184. The second-order valence-electron chi connectivity index (χ2n) is 10.9. The summed E-state index contributed by atoms with van der Waals surface area (Å²) in [6.45, 7) is 7.31. The van der Waals surface area contributed by atoms with Crippen molar-refractivity contribution in [2.75, 3.05) is 0 Å². The van der Waals surface area contributed by atoms with Gasteiger partial charge < -0.3 is 4.74 Å². The van der Waals surface area contributed by atoms with Crippen LogP contribution in [0.2, 0.25) is 11.1 Å². The van der Waals surface area contributed by atoms with Crippen molar-refractivity contribution < 1.29 is 4.74 Å². The van der Waals surface area contributed by atoms with Crippen LogP contribution in [0.4, 0.5) is 0 Å². The smallest absolute Gasteiger partial charge is 0.125 e. The van der Waals surface area contributed by atoms with Gasteiger partial charge in [-0.15, -0.1) is 0 Å². The summed E-state index contributed by atoms with van der Waals surface area (Å²) in [4.78, 5) is 0. The van der Waals surface area contributed by atoms with Crippen LogP contribution < -0.4 is 10.4 Å². The first-order valence-electron chi connectivity index (χ1n) is 13.0. The van der Waals surface area contributed by atoms with E-state index in [9.17, 15) is 0 Å². The standard InChI is InChI=1S/C34H36OSi/c1-34(2,3)36(31-20-12-6-13-21-31,32-22-14-7-15-23-32)26-30-24-29(27-16-8-4-9-17-27)25-33(35-30)28-18-10-5-11-19-28/h4-23,25,30,33H,24,26H2,1-3H3/t30-,33+/m0/s1. The van der Waals surface area contributed by atoms with Gasteiger partial charge in [0.05, 0.1) is 6.10 Å². The summed E-state index contributed by atoms with van der Waals surface area (Å²) in [6, 6.07) is 45.1. The summed E-state index contributed by atoms with van der Waals surface area (Å²) in [5, 5.41) is 3.08. The highest BCUT2D eigenvalue weighted by Crippen LogP contribution is 2.44. The van der Waals surface area contributed by atoms with E-state index < -0.39 is 8.07 Å². The maximum absolute atomic E-state index is 6.98. The van der Waals surface area contributed by atoms with Gasteiger partial charge in [0, 0.05) is 0 Å². The van der Waals surface area contributed by atoms with Gasteiger partial charge in [-0.2, -0.15) is 0 Å². The molecule has 0 aliphatic carbocycles. The Kier molecular flexibility index (Phi) is 7.09. The van der Waals surface area contributed by atoms with Crippen molar-refractivity contribution in [3.63, 3.8) is 0 Å². The summed E-state index contributed by atoms with van der Waals surface area (Å²) in [7, 11) is -2.25. The number of rotatable bonds is 6. The Balaban J connectivity index is 1.61. The lowest BCUT2D eigenvalue weighted by Crippen LogP contribution is -2.65. The number of benzene rings is 4. The highest BCUT2D eigenvalue weighted by molar-refractivity contribution is 7.04. The molecule has 0 amide bonds. The van der Waals surface area contributed by atoms with Gasteiger partial charge in [0.25, 0.3) is 0 Å². The van der Waals surface area contributed by atoms with E-state index in [0.29, 0.717) is 0 Å². The first kappa shape index (κ1) is 24.5. The molecule has 4 aromatic rings. The highest BCUT2D eigenvalue weighted by Gasteiger charge is 2.49. The minimum atomic E-state index is -2.25. The normalized spacial score (nSPS) is 18.5. The summed E-state index contributed by atoms with van der Waals surface area (Å²) in [5.41, 5.74) is 3.91. The largest absolute Gasteiger partial charge is 0.366 e. The third kappa shape index (κ3) is 4.89. The topological polar surface area (TPSA) is 9.23 Å².